The highest BCUT2D eigenvalue weighted by Gasteiger charge is 2.23. The summed E-state index contributed by atoms with van der Waals surface area (Å²) in [4.78, 5) is 0. The van der Waals surface area contributed by atoms with Crippen molar-refractivity contribution < 1.29 is 0 Å². The van der Waals surface area contributed by atoms with Gasteiger partial charge in [0.05, 0.1) is 0 Å². The fourth-order valence-corrected chi connectivity index (χ4v) is 4.94. The maximum Gasteiger partial charge on any atom is 0.0437 e. The van der Waals surface area contributed by atoms with Gasteiger partial charge in [0, 0.05) is 16.5 Å². The first kappa shape index (κ1) is 16.9. The summed E-state index contributed by atoms with van der Waals surface area (Å²) in [7, 11) is 0. The van der Waals surface area contributed by atoms with Crippen molar-refractivity contribution in [3.05, 3.63) is 35.4 Å². The van der Waals surface area contributed by atoms with E-state index in [9.17, 15) is 0 Å². The van der Waals surface area contributed by atoms with Gasteiger partial charge >= 0.3 is 0 Å². The van der Waals surface area contributed by atoms with Gasteiger partial charge in [0.25, 0.3) is 0 Å². The van der Waals surface area contributed by atoms with Crippen molar-refractivity contribution in [3.63, 3.8) is 0 Å². The Balaban J connectivity index is 2.01. The van der Waals surface area contributed by atoms with E-state index in [2.05, 4.69) is 62.1 Å². The number of hydrogen-bond acceptors (Lipinski definition) is 2. The minimum atomic E-state index is 0.479. The Morgan fingerprint density at radius 3 is 2.33 bits per heavy atom. The van der Waals surface area contributed by atoms with Gasteiger partial charge in [-0.1, -0.05) is 64.3 Å². The predicted molar refractivity (Wildman–Crippen MR) is 96.2 cm³/mol. The van der Waals surface area contributed by atoms with Gasteiger partial charge in [0.2, 0.25) is 0 Å². The Hall–Kier alpha value is -0.470. The minimum absolute atomic E-state index is 0.479. The van der Waals surface area contributed by atoms with Crippen molar-refractivity contribution >= 4 is 11.8 Å². The second-order valence-electron chi connectivity index (χ2n) is 6.23. The van der Waals surface area contributed by atoms with Crippen LogP contribution >= 0.6 is 11.8 Å². The standard InChI is InChI=1S/C19H31NS/c1-4-16-11-13-17(14-12-16)19(20-5-2)15(3)21-18-9-7-6-8-10-18/h11-15,18-20H,4-10H2,1-3H3. The molecule has 1 N–H and O–H groups in total. The molecule has 2 rings (SSSR count). The third kappa shape index (κ3) is 5.03. The SMILES string of the molecule is CCNC(c1ccc(CC)cc1)C(C)SC1CCCCC1. The Morgan fingerprint density at radius 2 is 1.76 bits per heavy atom. The summed E-state index contributed by atoms with van der Waals surface area (Å²) < 4.78 is 0. The van der Waals surface area contributed by atoms with Crippen LogP contribution in [0.5, 0.6) is 0 Å². The van der Waals surface area contributed by atoms with Crippen molar-refractivity contribution in [2.75, 3.05) is 6.54 Å². The monoisotopic (exact) mass is 305 g/mol. The van der Waals surface area contributed by atoms with Gasteiger partial charge in [0.15, 0.2) is 0 Å². The second-order valence-corrected chi connectivity index (χ2v) is 7.91. The van der Waals surface area contributed by atoms with Crippen LogP contribution in [0.15, 0.2) is 24.3 Å². The molecule has 1 aromatic carbocycles. The summed E-state index contributed by atoms with van der Waals surface area (Å²) in [5, 5.41) is 5.22. The van der Waals surface area contributed by atoms with Crippen LogP contribution in [-0.4, -0.2) is 17.0 Å². The lowest BCUT2D eigenvalue weighted by Crippen LogP contribution is -2.30. The van der Waals surface area contributed by atoms with E-state index in [1.807, 2.05) is 0 Å². The quantitative estimate of drug-likeness (QED) is 0.728. The first-order valence-corrected chi connectivity index (χ1v) is 9.66. The summed E-state index contributed by atoms with van der Waals surface area (Å²) in [6, 6.07) is 9.71. The van der Waals surface area contributed by atoms with Crippen LogP contribution in [0.2, 0.25) is 0 Å². The largest absolute Gasteiger partial charge is 0.309 e. The Morgan fingerprint density at radius 1 is 1.10 bits per heavy atom. The topological polar surface area (TPSA) is 12.0 Å². The van der Waals surface area contributed by atoms with Gasteiger partial charge < -0.3 is 5.32 Å². The summed E-state index contributed by atoms with van der Waals surface area (Å²) in [5.41, 5.74) is 2.88. The molecule has 2 atom stereocenters. The smallest absolute Gasteiger partial charge is 0.0437 e. The maximum absolute atomic E-state index is 3.70. The van der Waals surface area contributed by atoms with Crippen molar-refractivity contribution in [2.24, 2.45) is 0 Å². The number of aryl methyl sites for hydroxylation is 1. The number of thioether (sulfide) groups is 1. The van der Waals surface area contributed by atoms with E-state index in [0.717, 1.165) is 18.2 Å². The molecule has 0 saturated heterocycles. The first-order chi connectivity index (χ1) is 10.2. The van der Waals surface area contributed by atoms with Gasteiger partial charge in [-0.25, -0.2) is 0 Å². The molecule has 0 amide bonds. The molecule has 0 radical (unpaired) electrons. The zero-order chi connectivity index (χ0) is 15.1. The number of benzene rings is 1. The van der Waals surface area contributed by atoms with E-state index >= 15 is 0 Å². The lowest BCUT2D eigenvalue weighted by Gasteiger charge is -2.30. The van der Waals surface area contributed by atoms with E-state index in [4.69, 9.17) is 0 Å². The maximum atomic E-state index is 3.70. The molecule has 118 valence electrons. The van der Waals surface area contributed by atoms with E-state index in [1.165, 1.54) is 43.2 Å². The summed E-state index contributed by atoms with van der Waals surface area (Å²) >= 11 is 2.21. The molecule has 1 aromatic rings. The Kier molecular flexibility index (Phi) is 7.12. The summed E-state index contributed by atoms with van der Waals surface area (Å²) in [6.07, 6.45) is 8.27. The van der Waals surface area contributed by atoms with Crippen LogP contribution in [-0.2, 0) is 6.42 Å². The lowest BCUT2D eigenvalue weighted by molar-refractivity contribution is 0.506. The van der Waals surface area contributed by atoms with Crippen LogP contribution < -0.4 is 5.32 Å². The van der Waals surface area contributed by atoms with E-state index in [-0.39, 0.29) is 0 Å². The lowest BCUT2D eigenvalue weighted by atomic mass is 10.0. The van der Waals surface area contributed by atoms with Gasteiger partial charge in [-0.3, -0.25) is 0 Å². The molecule has 0 aliphatic heterocycles. The van der Waals surface area contributed by atoms with Crippen LogP contribution in [0.25, 0.3) is 0 Å². The molecule has 0 spiro atoms. The zero-order valence-electron chi connectivity index (χ0n) is 13.9. The number of hydrogen-bond donors (Lipinski definition) is 1. The molecular formula is C19H31NS. The third-order valence-electron chi connectivity index (χ3n) is 4.60. The zero-order valence-corrected chi connectivity index (χ0v) is 14.7. The highest BCUT2D eigenvalue weighted by Crippen LogP contribution is 2.36. The predicted octanol–water partition coefficient (Wildman–Crippen LogP) is 5.35. The number of rotatable bonds is 7. The van der Waals surface area contributed by atoms with Gasteiger partial charge in [-0.2, -0.15) is 11.8 Å². The first-order valence-electron chi connectivity index (χ1n) is 8.72. The van der Waals surface area contributed by atoms with E-state index in [1.54, 1.807) is 0 Å². The highest BCUT2D eigenvalue weighted by atomic mass is 32.2. The van der Waals surface area contributed by atoms with Crippen molar-refractivity contribution in [2.45, 2.75) is 75.8 Å². The molecule has 2 unspecified atom stereocenters. The highest BCUT2D eigenvalue weighted by molar-refractivity contribution is 8.00. The van der Waals surface area contributed by atoms with E-state index < -0.39 is 0 Å². The van der Waals surface area contributed by atoms with Gasteiger partial charge in [0.1, 0.15) is 0 Å². The normalized spacial score (nSPS) is 19.4. The summed E-state index contributed by atoms with van der Waals surface area (Å²) in [5.74, 6) is 0. The molecule has 0 aromatic heterocycles. The molecule has 1 aliphatic carbocycles. The molecule has 2 heteroatoms. The molecule has 1 saturated carbocycles. The Labute approximate surface area is 135 Å². The third-order valence-corrected chi connectivity index (χ3v) is 6.16. The van der Waals surface area contributed by atoms with E-state index in [0.29, 0.717) is 11.3 Å². The number of nitrogens with one attached hydrogen (secondary N) is 1. The van der Waals surface area contributed by atoms with Crippen molar-refractivity contribution in [3.8, 4) is 0 Å². The fraction of sp³-hybridized carbons (Fsp3) is 0.684. The van der Waals surface area contributed by atoms with Gasteiger partial charge in [-0.05, 0) is 36.9 Å². The van der Waals surface area contributed by atoms with Crippen LogP contribution in [0.3, 0.4) is 0 Å². The van der Waals surface area contributed by atoms with Crippen molar-refractivity contribution in [1.82, 2.24) is 5.32 Å². The molecule has 1 fully saturated rings. The molecule has 21 heavy (non-hydrogen) atoms. The average molecular weight is 306 g/mol. The van der Waals surface area contributed by atoms with Crippen LogP contribution in [0, 0.1) is 0 Å². The fourth-order valence-electron chi connectivity index (χ4n) is 3.32. The molecule has 0 heterocycles. The average Bonchev–Trinajstić information content (AvgIpc) is 2.53. The van der Waals surface area contributed by atoms with Crippen LogP contribution in [0.4, 0.5) is 0 Å². The van der Waals surface area contributed by atoms with Gasteiger partial charge in [-0.15, -0.1) is 0 Å². The molecular weight excluding hydrogens is 274 g/mol. The summed E-state index contributed by atoms with van der Waals surface area (Å²) in [6.45, 7) is 7.87. The van der Waals surface area contributed by atoms with Crippen molar-refractivity contribution in [1.29, 1.82) is 0 Å². The Bertz CT molecular complexity index is 395. The molecule has 0 bridgehead atoms. The minimum Gasteiger partial charge on any atom is -0.309 e. The molecule has 1 nitrogen and oxygen atoms in total. The molecule has 1 aliphatic rings. The second kappa shape index (κ2) is 8.85. The van der Waals surface area contributed by atoms with Crippen LogP contribution in [0.1, 0.15) is 70.0 Å².